The number of halogens is 1. The quantitative estimate of drug-likeness (QED) is 0.693. The molecule has 0 aromatic heterocycles. The van der Waals surface area contributed by atoms with Gasteiger partial charge < -0.3 is 14.6 Å². The first-order valence-corrected chi connectivity index (χ1v) is 11.2. The van der Waals surface area contributed by atoms with Gasteiger partial charge in [0.25, 0.3) is 0 Å². The fraction of sp³-hybridized carbons (Fsp3) is 0.913. The third-order valence-electron chi connectivity index (χ3n) is 9.25. The number of ether oxygens (including phenoxy) is 2. The predicted octanol–water partition coefficient (Wildman–Crippen LogP) is 4.93. The zero-order valence-corrected chi connectivity index (χ0v) is 16.9. The lowest BCUT2D eigenvalue weighted by Crippen LogP contribution is -2.63. The van der Waals surface area contributed by atoms with Gasteiger partial charge in [-0.2, -0.15) is 0 Å². The molecule has 5 rings (SSSR count). The number of allylic oxidation sites excluding steroid dienone is 1. The van der Waals surface area contributed by atoms with E-state index < -0.39 is 17.6 Å². The summed E-state index contributed by atoms with van der Waals surface area (Å²) in [6.45, 7) is 5.71. The van der Waals surface area contributed by atoms with Crippen LogP contribution in [-0.4, -0.2) is 35.9 Å². The van der Waals surface area contributed by atoms with Crippen molar-refractivity contribution in [2.24, 2.45) is 22.7 Å². The highest BCUT2D eigenvalue weighted by Crippen LogP contribution is 2.67. The van der Waals surface area contributed by atoms with Crippen LogP contribution in [-0.2, 0) is 9.47 Å². The molecule has 0 amide bonds. The molecule has 1 heterocycles. The molecule has 0 radical (unpaired) electrons. The maximum Gasteiger partial charge on any atom is 0.169 e. The van der Waals surface area contributed by atoms with Gasteiger partial charge >= 0.3 is 0 Å². The third kappa shape index (κ3) is 2.36. The first kappa shape index (κ1) is 18.6. The lowest BCUT2D eigenvalue weighted by molar-refractivity contribution is -0.254. The predicted molar refractivity (Wildman–Crippen MR) is 102 cm³/mol. The smallest absolute Gasteiger partial charge is 0.169 e. The van der Waals surface area contributed by atoms with E-state index in [-0.39, 0.29) is 10.8 Å². The zero-order valence-electron chi connectivity index (χ0n) is 16.9. The second kappa shape index (κ2) is 6.03. The largest absolute Gasteiger partial charge is 0.385 e. The highest BCUT2D eigenvalue weighted by molar-refractivity contribution is 5.34. The molecule has 152 valence electrons. The summed E-state index contributed by atoms with van der Waals surface area (Å²) < 4.78 is 26.9. The fourth-order valence-electron chi connectivity index (χ4n) is 7.89. The second-order valence-corrected chi connectivity index (χ2v) is 10.3. The fourth-order valence-corrected chi connectivity index (χ4v) is 7.89. The van der Waals surface area contributed by atoms with Gasteiger partial charge in [-0.05, 0) is 62.4 Å². The van der Waals surface area contributed by atoms with Gasteiger partial charge in [0.2, 0.25) is 0 Å². The van der Waals surface area contributed by atoms with Crippen LogP contribution in [0.25, 0.3) is 0 Å². The van der Waals surface area contributed by atoms with Crippen molar-refractivity contribution < 1.29 is 19.0 Å². The second-order valence-electron chi connectivity index (χ2n) is 10.3. The highest BCUT2D eigenvalue weighted by atomic mass is 19.1. The van der Waals surface area contributed by atoms with Crippen molar-refractivity contribution in [1.82, 2.24) is 0 Å². The van der Waals surface area contributed by atoms with Gasteiger partial charge in [-0.3, -0.25) is 0 Å². The van der Waals surface area contributed by atoms with Gasteiger partial charge in [0.1, 0.15) is 6.17 Å². The molecule has 1 spiro atoms. The summed E-state index contributed by atoms with van der Waals surface area (Å²) in [6, 6.07) is 0. The van der Waals surface area contributed by atoms with E-state index in [1.165, 1.54) is 5.57 Å². The molecule has 6 atom stereocenters. The van der Waals surface area contributed by atoms with E-state index in [0.29, 0.717) is 31.5 Å². The van der Waals surface area contributed by atoms with Crippen molar-refractivity contribution in [2.45, 2.75) is 95.6 Å². The van der Waals surface area contributed by atoms with Crippen LogP contribution in [0.15, 0.2) is 11.6 Å². The van der Waals surface area contributed by atoms with Crippen LogP contribution >= 0.6 is 0 Å². The Hall–Kier alpha value is -0.450. The molecule has 4 unspecified atom stereocenters. The monoisotopic (exact) mass is 378 g/mol. The molecular formula is C23H35FO3. The van der Waals surface area contributed by atoms with E-state index in [2.05, 4.69) is 19.9 Å². The van der Waals surface area contributed by atoms with Gasteiger partial charge in [-0.15, -0.1) is 0 Å². The Bertz CT molecular complexity index is 642. The Balaban J connectivity index is 1.53. The minimum absolute atomic E-state index is 0.159. The highest BCUT2D eigenvalue weighted by Gasteiger charge is 2.66. The summed E-state index contributed by atoms with van der Waals surface area (Å²) in [5.74, 6) is 0.278. The van der Waals surface area contributed by atoms with Crippen LogP contribution in [0, 0.1) is 22.7 Å². The summed E-state index contributed by atoms with van der Waals surface area (Å²) in [5.41, 5.74) is 0.116. The van der Waals surface area contributed by atoms with Crippen LogP contribution in [0.2, 0.25) is 0 Å². The Kier molecular flexibility index (Phi) is 4.14. The molecule has 27 heavy (non-hydrogen) atoms. The van der Waals surface area contributed by atoms with Gasteiger partial charge in [-0.1, -0.05) is 26.3 Å². The van der Waals surface area contributed by atoms with Crippen molar-refractivity contribution in [1.29, 1.82) is 0 Å². The molecular weight excluding hydrogens is 343 g/mol. The zero-order chi connectivity index (χ0) is 18.9. The topological polar surface area (TPSA) is 38.7 Å². The summed E-state index contributed by atoms with van der Waals surface area (Å²) in [6.07, 6.45) is 10.5. The van der Waals surface area contributed by atoms with Crippen molar-refractivity contribution in [2.75, 3.05) is 13.2 Å². The molecule has 3 saturated carbocycles. The Morgan fingerprint density at radius 1 is 1.15 bits per heavy atom. The van der Waals surface area contributed by atoms with E-state index in [0.717, 1.165) is 57.8 Å². The molecule has 0 bridgehead atoms. The third-order valence-corrected chi connectivity index (χ3v) is 9.25. The Morgan fingerprint density at radius 2 is 1.93 bits per heavy atom. The Morgan fingerprint density at radius 3 is 2.67 bits per heavy atom. The van der Waals surface area contributed by atoms with E-state index in [1.807, 2.05) is 0 Å². The molecule has 0 aromatic rings. The van der Waals surface area contributed by atoms with Crippen molar-refractivity contribution >= 4 is 0 Å². The first-order chi connectivity index (χ1) is 12.9. The molecule has 5 aliphatic rings. The summed E-state index contributed by atoms with van der Waals surface area (Å²) in [5, 5.41) is 12.2. The number of alkyl halides is 1. The summed E-state index contributed by atoms with van der Waals surface area (Å²) in [4.78, 5) is 0. The van der Waals surface area contributed by atoms with Gasteiger partial charge in [0.15, 0.2) is 5.79 Å². The number of hydrogen-bond acceptors (Lipinski definition) is 3. The summed E-state index contributed by atoms with van der Waals surface area (Å²) in [7, 11) is 0. The molecule has 4 fully saturated rings. The van der Waals surface area contributed by atoms with Gasteiger partial charge in [0, 0.05) is 23.7 Å². The minimum atomic E-state index is -0.762. The Labute approximate surface area is 162 Å². The first-order valence-electron chi connectivity index (χ1n) is 11.2. The molecule has 0 aromatic carbocycles. The molecule has 1 aliphatic heterocycles. The molecule has 4 aliphatic carbocycles. The molecule has 3 nitrogen and oxygen atoms in total. The van der Waals surface area contributed by atoms with Crippen LogP contribution < -0.4 is 0 Å². The number of hydrogen-bond donors (Lipinski definition) is 1. The molecule has 1 saturated heterocycles. The van der Waals surface area contributed by atoms with Crippen LogP contribution in [0.3, 0.4) is 0 Å². The number of aliphatic hydroxyl groups is 1. The van der Waals surface area contributed by atoms with Crippen LogP contribution in [0.4, 0.5) is 4.39 Å². The van der Waals surface area contributed by atoms with E-state index >= 15 is 0 Å². The average molecular weight is 379 g/mol. The van der Waals surface area contributed by atoms with Crippen molar-refractivity contribution in [3.63, 3.8) is 0 Å². The van der Waals surface area contributed by atoms with Gasteiger partial charge in [0.05, 0.1) is 18.8 Å². The van der Waals surface area contributed by atoms with Crippen molar-refractivity contribution in [3.8, 4) is 0 Å². The lowest BCUT2D eigenvalue weighted by Gasteiger charge is -2.62. The molecule has 1 N–H and O–H groups in total. The maximum atomic E-state index is 14.7. The van der Waals surface area contributed by atoms with E-state index in [4.69, 9.17) is 9.47 Å². The van der Waals surface area contributed by atoms with E-state index in [1.54, 1.807) is 0 Å². The van der Waals surface area contributed by atoms with E-state index in [9.17, 15) is 9.50 Å². The number of fused-ring (bicyclic) bond motifs is 5. The standard InChI is InChI=1S/C23H35FO3/c1-3-8-21-10-6-16-17-4-5-19(24)20(17,2)9-7-18(16)23(21,25)12-11-22(15-21)26-13-14-27-22/h7,16-17,19,25H,3-6,8-15H2,1-2H3/t16?,17?,19-,20+,21?,23?/m1/s1. The normalized spacial score (nSPS) is 50.8. The SMILES string of the molecule is CCCC12CCC3C(=CC[C@@]4(C)C3CC[C@H]4F)C1(O)CCC1(C2)OCCO1. The van der Waals surface area contributed by atoms with Crippen molar-refractivity contribution in [3.05, 3.63) is 11.6 Å². The lowest BCUT2D eigenvalue weighted by atomic mass is 9.46. The van der Waals surface area contributed by atoms with Crippen LogP contribution in [0.5, 0.6) is 0 Å². The molecule has 4 heteroatoms. The number of rotatable bonds is 2. The summed E-state index contributed by atoms with van der Waals surface area (Å²) >= 11 is 0. The van der Waals surface area contributed by atoms with Crippen LogP contribution in [0.1, 0.15) is 78.1 Å². The average Bonchev–Trinajstić information content (AvgIpc) is 3.21. The van der Waals surface area contributed by atoms with Gasteiger partial charge in [-0.25, -0.2) is 4.39 Å². The maximum absolute atomic E-state index is 14.7. The minimum Gasteiger partial charge on any atom is -0.385 e.